The van der Waals surface area contributed by atoms with Crippen LogP contribution in [0.4, 0.5) is 0 Å². The molecule has 20 heavy (non-hydrogen) atoms. The number of aromatic nitrogens is 1. The SMILES string of the molecule is CC(NC(C)C12CC3CC(CC(C3)C1)C2)c1nccs1. The van der Waals surface area contributed by atoms with Gasteiger partial charge < -0.3 is 5.32 Å². The van der Waals surface area contributed by atoms with Gasteiger partial charge in [0.1, 0.15) is 5.01 Å². The first-order chi connectivity index (χ1) is 9.64. The standard InChI is InChI=1S/C17H26N2S/c1-11(16-18-3-4-20-16)19-12(2)17-8-13-5-14(9-17)7-15(6-13)10-17/h3-4,11-15,19H,5-10H2,1-2H3. The average molecular weight is 290 g/mol. The van der Waals surface area contributed by atoms with E-state index in [9.17, 15) is 0 Å². The topological polar surface area (TPSA) is 24.9 Å². The molecule has 4 bridgehead atoms. The molecule has 5 rings (SSSR count). The highest BCUT2D eigenvalue weighted by Gasteiger charge is 2.53. The Kier molecular flexibility index (Phi) is 3.19. The van der Waals surface area contributed by atoms with Gasteiger partial charge in [-0.15, -0.1) is 11.3 Å². The third kappa shape index (κ3) is 2.14. The van der Waals surface area contributed by atoms with Crippen molar-refractivity contribution in [3.05, 3.63) is 16.6 Å². The molecule has 0 spiro atoms. The third-order valence-electron chi connectivity index (χ3n) is 6.33. The molecular weight excluding hydrogens is 264 g/mol. The van der Waals surface area contributed by atoms with E-state index in [1.807, 2.05) is 6.20 Å². The van der Waals surface area contributed by atoms with Crippen molar-refractivity contribution < 1.29 is 0 Å². The predicted octanol–water partition coefficient (Wildman–Crippen LogP) is 4.40. The van der Waals surface area contributed by atoms with E-state index in [0.717, 1.165) is 17.8 Å². The molecule has 1 aromatic heterocycles. The molecule has 1 aromatic rings. The second kappa shape index (κ2) is 4.81. The highest BCUT2D eigenvalue weighted by molar-refractivity contribution is 7.09. The summed E-state index contributed by atoms with van der Waals surface area (Å²) < 4.78 is 0. The summed E-state index contributed by atoms with van der Waals surface area (Å²) in [6, 6.07) is 1.04. The van der Waals surface area contributed by atoms with E-state index in [4.69, 9.17) is 0 Å². The van der Waals surface area contributed by atoms with Crippen LogP contribution in [0, 0.1) is 23.2 Å². The molecule has 4 saturated carbocycles. The number of nitrogens with zero attached hydrogens (tertiary/aromatic N) is 1. The van der Waals surface area contributed by atoms with Crippen molar-refractivity contribution in [2.75, 3.05) is 0 Å². The van der Waals surface area contributed by atoms with Gasteiger partial charge in [-0.25, -0.2) is 4.98 Å². The summed E-state index contributed by atoms with van der Waals surface area (Å²) in [6.07, 6.45) is 11.0. The molecular formula is C17H26N2S. The third-order valence-corrected chi connectivity index (χ3v) is 7.28. The molecule has 2 unspecified atom stereocenters. The largest absolute Gasteiger partial charge is 0.305 e. The van der Waals surface area contributed by atoms with Crippen LogP contribution in [-0.4, -0.2) is 11.0 Å². The Morgan fingerprint density at radius 2 is 1.75 bits per heavy atom. The summed E-state index contributed by atoms with van der Waals surface area (Å²) in [5.74, 6) is 3.13. The minimum Gasteiger partial charge on any atom is -0.305 e. The molecule has 110 valence electrons. The van der Waals surface area contributed by atoms with E-state index in [2.05, 4.69) is 29.5 Å². The van der Waals surface area contributed by atoms with E-state index in [1.165, 1.54) is 43.5 Å². The molecule has 0 radical (unpaired) electrons. The molecule has 1 heterocycles. The highest BCUT2D eigenvalue weighted by Crippen LogP contribution is 2.61. The fourth-order valence-corrected chi connectivity index (χ4v) is 6.43. The van der Waals surface area contributed by atoms with Gasteiger partial charge in [-0.05, 0) is 75.5 Å². The first-order valence-electron chi connectivity index (χ1n) is 8.30. The summed E-state index contributed by atoms with van der Waals surface area (Å²) in [6.45, 7) is 4.72. The van der Waals surface area contributed by atoms with Crippen LogP contribution in [0.1, 0.15) is 63.4 Å². The van der Waals surface area contributed by atoms with Crippen LogP contribution in [-0.2, 0) is 0 Å². The van der Waals surface area contributed by atoms with E-state index in [-0.39, 0.29) is 0 Å². The molecule has 2 atom stereocenters. The lowest BCUT2D eigenvalue weighted by atomic mass is 9.48. The molecule has 4 aliphatic rings. The van der Waals surface area contributed by atoms with Crippen LogP contribution in [0.15, 0.2) is 11.6 Å². The Hall–Kier alpha value is -0.410. The molecule has 0 saturated heterocycles. The number of nitrogens with one attached hydrogen (secondary N) is 1. The summed E-state index contributed by atoms with van der Waals surface area (Å²) in [7, 11) is 0. The lowest BCUT2D eigenvalue weighted by Crippen LogP contribution is -2.55. The zero-order chi connectivity index (χ0) is 13.7. The van der Waals surface area contributed by atoms with Gasteiger partial charge in [-0.3, -0.25) is 0 Å². The monoisotopic (exact) mass is 290 g/mol. The number of rotatable bonds is 4. The Balaban J connectivity index is 1.49. The molecule has 4 aliphatic carbocycles. The smallest absolute Gasteiger partial charge is 0.109 e. The fourth-order valence-electron chi connectivity index (χ4n) is 5.78. The van der Waals surface area contributed by atoms with E-state index in [1.54, 1.807) is 11.3 Å². The molecule has 0 aromatic carbocycles. The van der Waals surface area contributed by atoms with Crippen molar-refractivity contribution in [3.8, 4) is 0 Å². The molecule has 2 nitrogen and oxygen atoms in total. The maximum absolute atomic E-state index is 4.47. The maximum Gasteiger partial charge on any atom is 0.109 e. The lowest BCUT2D eigenvalue weighted by Gasteiger charge is -2.59. The fraction of sp³-hybridized carbons (Fsp3) is 0.824. The van der Waals surface area contributed by atoms with Gasteiger partial charge in [-0.2, -0.15) is 0 Å². The zero-order valence-electron chi connectivity index (χ0n) is 12.6. The summed E-state index contributed by atoms with van der Waals surface area (Å²) in [5, 5.41) is 7.21. The maximum atomic E-state index is 4.47. The Morgan fingerprint density at radius 3 is 2.25 bits per heavy atom. The molecule has 0 aliphatic heterocycles. The van der Waals surface area contributed by atoms with E-state index < -0.39 is 0 Å². The van der Waals surface area contributed by atoms with Gasteiger partial charge in [-0.1, -0.05) is 0 Å². The average Bonchev–Trinajstić information content (AvgIpc) is 2.90. The van der Waals surface area contributed by atoms with Gasteiger partial charge in [0.05, 0.1) is 6.04 Å². The molecule has 4 fully saturated rings. The quantitative estimate of drug-likeness (QED) is 0.889. The number of hydrogen-bond donors (Lipinski definition) is 1. The van der Waals surface area contributed by atoms with Crippen molar-refractivity contribution >= 4 is 11.3 Å². The first kappa shape index (κ1) is 13.3. The Bertz CT molecular complexity index is 432. The van der Waals surface area contributed by atoms with Crippen LogP contribution in [0.25, 0.3) is 0 Å². The van der Waals surface area contributed by atoms with Crippen molar-refractivity contribution in [1.82, 2.24) is 10.3 Å². The molecule has 1 N–H and O–H groups in total. The number of thiazole rings is 1. The van der Waals surface area contributed by atoms with E-state index in [0.29, 0.717) is 17.5 Å². The second-order valence-electron chi connectivity index (χ2n) is 7.76. The van der Waals surface area contributed by atoms with E-state index >= 15 is 0 Å². The summed E-state index contributed by atoms with van der Waals surface area (Å²) in [5.41, 5.74) is 0.597. The zero-order valence-corrected chi connectivity index (χ0v) is 13.5. The Morgan fingerprint density at radius 1 is 1.15 bits per heavy atom. The van der Waals surface area contributed by atoms with Crippen molar-refractivity contribution in [2.24, 2.45) is 23.2 Å². The minimum atomic E-state index is 0.401. The lowest BCUT2D eigenvalue weighted by molar-refractivity contribution is -0.0719. The van der Waals surface area contributed by atoms with Gasteiger partial charge in [0.2, 0.25) is 0 Å². The van der Waals surface area contributed by atoms with Crippen molar-refractivity contribution in [3.63, 3.8) is 0 Å². The van der Waals surface area contributed by atoms with Gasteiger partial charge in [0.25, 0.3) is 0 Å². The second-order valence-corrected chi connectivity index (χ2v) is 8.69. The highest BCUT2D eigenvalue weighted by atomic mass is 32.1. The normalized spacial score (nSPS) is 41.8. The van der Waals surface area contributed by atoms with Gasteiger partial charge >= 0.3 is 0 Å². The van der Waals surface area contributed by atoms with Crippen molar-refractivity contribution in [1.29, 1.82) is 0 Å². The predicted molar refractivity (Wildman–Crippen MR) is 83.7 cm³/mol. The minimum absolute atomic E-state index is 0.401. The van der Waals surface area contributed by atoms with Crippen LogP contribution >= 0.6 is 11.3 Å². The van der Waals surface area contributed by atoms with Crippen LogP contribution in [0.5, 0.6) is 0 Å². The summed E-state index contributed by atoms with van der Waals surface area (Å²) >= 11 is 1.78. The van der Waals surface area contributed by atoms with Gasteiger partial charge in [0.15, 0.2) is 0 Å². The van der Waals surface area contributed by atoms with Crippen molar-refractivity contribution in [2.45, 2.75) is 64.5 Å². The van der Waals surface area contributed by atoms with Gasteiger partial charge in [0, 0.05) is 17.6 Å². The van der Waals surface area contributed by atoms with Crippen LogP contribution in [0.3, 0.4) is 0 Å². The molecule has 0 amide bonds. The molecule has 3 heteroatoms. The summed E-state index contributed by atoms with van der Waals surface area (Å²) in [4.78, 5) is 4.47. The number of hydrogen-bond acceptors (Lipinski definition) is 3. The van der Waals surface area contributed by atoms with Crippen LogP contribution < -0.4 is 5.32 Å². The first-order valence-corrected chi connectivity index (χ1v) is 9.18. The van der Waals surface area contributed by atoms with Crippen LogP contribution in [0.2, 0.25) is 0 Å². The Labute approximate surface area is 126 Å².